The highest BCUT2D eigenvalue weighted by atomic mass is 32.1. The van der Waals surface area contributed by atoms with Crippen molar-refractivity contribution in [1.29, 1.82) is 0 Å². The number of isothiocyanates is 1. The molecule has 0 aromatic heterocycles. The number of nitrogens with one attached hydrogen (secondary N) is 1. The SMILES string of the molecule is C=CC1(C)CCC2C(=C3C(=O)Nc4cccc(c43)C2(C)C)C1N=C=S. The number of hydrogen-bond donors (Lipinski definition) is 1. The molecule has 3 aliphatic rings. The lowest BCUT2D eigenvalue weighted by Crippen LogP contribution is -2.47. The van der Waals surface area contributed by atoms with Crippen LogP contribution >= 0.6 is 12.2 Å². The molecule has 1 N–H and O–H groups in total. The summed E-state index contributed by atoms with van der Waals surface area (Å²) in [4.78, 5) is 17.4. The number of benzene rings is 1. The molecule has 4 heteroatoms. The largest absolute Gasteiger partial charge is 0.321 e. The fourth-order valence-electron chi connectivity index (χ4n) is 5.06. The number of rotatable bonds is 2. The van der Waals surface area contributed by atoms with Crippen molar-refractivity contribution in [2.75, 3.05) is 5.32 Å². The summed E-state index contributed by atoms with van der Waals surface area (Å²) in [6, 6.07) is 6.00. The topological polar surface area (TPSA) is 41.5 Å². The van der Waals surface area contributed by atoms with Crippen LogP contribution in [-0.4, -0.2) is 17.1 Å². The first-order chi connectivity index (χ1) is 11.8. The summed E-state index contributed by atoms with van der Waals surface area (Å²) in [5.41, 5.74) is 4.87. The number of aliphatic imine (C=N–C) groups is 1. The zero-order valence-corrected chi connectivity index (χ0v) is 15.7. The molecule has 1 aliphatic heterocycles. The Labute approximate surface area is 153 Å². The van der Waals surface area contributed by atoms with Crippen LogP contribution in [0.2, 0.25) is 0 Å². The molecule has 128 valence electrons. The second-order valence-electron chi connectivity index (χ2n) is 8.16. The van der Waals surface area contributed by atoms with E-state index in [2.05, 4.69) is 48.9 Å². The Hall–Kier alpha value is -2.03. The van der Waals surface area contributed by atoms with Gasteiger partial charge in [-0.2, -0.15) is 0 Å². The number of fused-ring (bicyclic) bond motifs is 1. The minimum Gasteiger partial charge on any atom is -0.321 e. The molecule has 3 atom stereocenters. The number of amides is 1. The van der Waals surface area contributed by atoms with E-state index in [1.165, 1.54) is 5.56 Å². The monoisotopic (exact) mass is 350 g/mol. The van der Waals surface area contributed by atoms with Gasteiger partial charge in [0.15, 0.2) is 0 Å². The first-order valence-electron chi connectivity index (χ1n) is 8.75. The molecule has 0 bridgehead atoms. The lowest BCUT2D eigenvalue weighted by Gasteiger charge is -2.50. The Balaban J connectivity index is 2.09. The van der Waals surface area contributed by atoms with Gasteiger partial charge in [-0.3, -0.25) is 4.79 Å². The quantitative estimate of drug-likeness (QED) is 0.475. The molecule has 0 spiro atoms. The maximum atomic E-state index is 12.9. The van der Waals surface area contributed by atoms with Crippen LogP contribution in [0.5, 0.6) is 0 Å². The summed E-state index contributed by atoms with van der Waals surface area (Å²) < 4.78 is 0. The molecule has 4 rings (SSSR count). The van der Waals surface area contributed by atoms with Gasteiger partial charge in [-0.15, -0.1) is 6.58 Å². The second kappa shape index (κ2) is 5.23. The summed E-state index contributed by atoms with van der Waals surface area (Å²) in [5, 5.41) is 5.63. The highest BCUT2D eigenvalue weighted by Crippen LogP contribution is 2.59. The van der Waals surface area contributed by atoms with Crippen molar-refractivity contribution in [2.45, 2.75) is 45.1 Å². The van der Waals surface area contributed by atoms with Gasteiger partial charge in [-0.05, 0) is 53.6 Å². The number of nitrogens with zero attached hydrogens (tertiary/aromatic N) is 1. The van der Waals surface area contributed by atoms with Gasteiger partial charge in [0.05, 0.1) is 16.8 Å². The third-order valence-corrected chi connectivity index (χ3v) is 6.66. The molecular formula is C21H22N2OS. The Morgan fingerprint density at radius 2 is 2.16 bits per heavy atom. The highest BCUT2D eigenvalue weighted by molar-refractivity contribution is 7.78. The van der Waals surface area contributed by atoms with Crippen molar-refractivity contribution in [1.82, 2.24) is 0 Å². The lowest BCUT2D eigenvalue weighted by molar-refractivity contribution is -0.110. The third kappa shape index (κ3) is 2.01. The van der Waals surface area contributed by atoms with Crippen molar-refractivity contribution in [3.05, 3.63) is 47.6 Å². The molecule has 1 aromatic carbocycles. The van der Waals surface area contributed by atoms with Crippen LogP contribution in [0.15, 0.2) is 41.4 Å². The maximum Gasteiger partial charge on any atom is 0.256 e. The predicted molar refractivity (Wildman–Crippen MR) is 105 cm³/mol. The maximum absolute atomic E-state index is 12.9. The summed E-state index contributed by atoms with van der Waals surface area (Å²) in [7, 11) is 0. The summed E-state index contributed by atoms with van der Waals surface area (Å²) in [6.07, 6.45) is 3.96. The first kappa shape index (κ1) is 16.4. The fraction of sp³-hybridized carbons (Fsp3) is 0.429. The van der Waals surface area contributed by atoms with Gasteiger partial charge < -0.3 is 5.32 Å². The van der Waals surface area contributed by atoms with Gasteiger partial charge in [0.1, 0.15) is 0 Å². The Morgan fingerprint density at radius 3 is 2.84 bits per heavy atom. The third-order valence-electron chi connectivity index (χ3n) is 6.56. The van der Waals surface area contributed by atoms with E-state index in [0.29, 0.717) is 0 Å². The van der Waals surface area contributed by atoms with Gasteiger partial charge in [0.2, 0.25) is 0 Å². The van der Waals surface area contributed by atoms with E-state index in [1.54, 1.807) is 0 Å². The Kier molecular flexibility index (Phi) is 3.44. The van der Waals surface area contributed by atoms with Gasteiger partial charge >= 0.3 is 0 Å². The van der Waals surface area contributed by atoms with E-state index < -0.39 is 0 Å². The van der Waals surface area contributed by atoms with Crippen LogP contribution in [-0.2, 0) is 10.2 Å². The average Bonchev–Trinajstić information content (AvgIpc) is 2.91. The number of thiocarbonyl (C=S) groups is 1. The van der Waals surface area contributed by atoms with Crippen LogP contribution in [0.4, 0.5) is 5.69 Å². The predicted octanol–water partition coefficient (Wildman–Crippen LogP) is 4.76. The molecule has 1 fully saturated rings. The van der Waals surface area contributed by atoms with E-state index >= 15 is 0 Å². The molecule has 3 nitrogen and oxygen atoms in total. The molecule has 1 aromatic rings. The fourth-order valence-corrected chi connectivity index (χ4v) is 5.17. The molecule has 25 heavy (non-hydrogen) atoms. The summed E-state index contributed by atoms with van der Waals surface area (Å²) >= 11 is 4.96. The first-order valence-corrected chi connectivity index (χ1v) is 9.16. The Bertz CT molecular complexity index is 891. The molecule has 3 unspecified atom stereocenters. The minimum atomic E-state index is -0.212. The van der Waals surface area contributed by atoms with Gasteiger partial charge in [0, 0.05) is 16.7 Å². The van der Waals surface area contributed by atoms with Crippen molar-refractivity contribution in [3.8, 4) is 0 Å². The molecule has 0 radical (unpaired) electrons. The zero-order valence-electron chi connectivity index (χ0n) is 14.8. The van der Waals surface area contributed by atoms with E-state index in [-0.39, 0.29) is 28.7 Å². The average molecular weight is 350 g/mol. The van der Waals surface area contributed by atoms with E-state index in [0.717, 1.165) is 35.2 Å². The zero-order chi connectivity index (χ0) is 18.0. The van der Waals surface area contributed by atoms with E-state index in [9.17, 15) is 4.79 Å². The van der Waals surface area contributed by atoms with Crippen molar-refractivity contribution >= 4 is 34.5 Å². The second-order valence-corrected chi connectivity index (χ2v) is 8.34. The van der Waals surface area contributed by atoms with Crippen LogP contribution in [0.3, 0.4) is 0 Å². The van der Waals surface area contributed by atoms with Gasteiger partial charge in [-0.25, -0.2) is 4.99 Å². The van der Waals surface area contributed by atoms with Gasteiger partial charge in [-0.1, -0.05) is 39.0 Å². The normalized spacial score (nSPS) is 31.6. The Morgan fingerprint density at radius 1 is 1.40 bits per heavy atom. The molecule has 1 saturated carbocycles. The highest BCUT2D eigenvalue weighted by Gasteiger charge is 2.53. The summed E-state index contributed by atoms with van der Waals surface area (Å²) in [6.45, 7) is 10.8. The van der Waals surface area contributed by atoms with Crippen LogP contribution in [0.1, 0.15) is 44.7 Å². The lowest BCUT2D eigenvalue weighted by atomic mass is 9.53. The molecule has 1 amide bonds. The number of carbonyl (C=O) groups is 1. The van der Waals surface area contributed by atoms with E-state index in [1.807, 2.05) is 18.2 Å². The minimum absolute atomic E-state index is 0.0177. The van der Waals surface area contributed by atoms with Crippen molar-refractivity contribution in [2.24, 2.45) is 16.3 Å². The molecule has 0 saturated heterocycles. The number of anilines is 1. The smallest absolute Gasteiger partial charge is 0.256 e. The summed E-state index contributed by atoms with van der Waals surface area (Å²) in [5.74, 6) is 0.245. The molecular weight excluding hydrogens is 328 g/mol. The van der Waals surface area contributed by atoms with Crippen LogP contribution in [0, 0.1) is 11.3 Å². The number of hydrogen-bond acceptors (Lipinski definition) is 3. The van der Waals surface area contributed by atoms with Crippen molar-refractivity contribution in [3.63, 3.8) is 0 Å². The van der Waals surface area contributed by atoms with Crippen LogP contribution < -0.4 is 5.32 Å². The molecule has 2 aliphatic carbocycles. The van der Waals surface area contributed by atoms with E-state index in [4.69, 9.17) is 12.2 Å². The van der Waals surface area contributed by atoms with Crippen LogP contribution in [0.25, 0.3) is 5.57 Å². The number of carbonyl (C=O) groups excluding carboxylic acids is 1. The van der Waals surface area contributed by atoms with Crippen molar-refractivity contribution < 1.29 is 4.79 Å². The standard InChI is InChI=1S/C21H22N2OS/c1-5-21(4)10-9-13-16(18(21)22-11-25)17-15-12(20(13,2)3)7-6-8-14(15)23-19(17)24/h5-8,13,18H,1,9-10H2,2-4H3,(H,23,24). The van der Waals surface area contributed by atoms with Gasteiger partial charge in [0.25, 0.3) is 5.91 Å². The molecule has 1 heterocycles.